The Morgan fingerprint density at radius 1 is 1.24 bits per heavy atom. The van der Waals surface area contributed by atoms with E-state index in [2.05, 4.69) is 9.97 Å². The maximum absolute atomic E-state index is 12.8. The van der Waals surface area contributed by atoms with Crippen molar-refractivity contribution in [3.63, 3.8) is 0 Å². The van der Waals surface area contributed by atoms with Gasteiger partial charge in [0.15, 0.2) is 5.69 Å². The Hall–Kier alpha value is -2.82. The molecule has 0 fully saturated rings. The Morgan fingerprint density at radius 3 is 2.52 bits per heavy atom. The van der Waals surface area contributed by atoms with E-state index in [0.29, 0.717) is 0 Å². The van der Waals surface area contributed by atoms with Crippen LogP contribution in [0.2, 0.25) is 0 Å². The van der Waals surface area contributed by atoms with Gasteiger partial charge in [-0.3, -0.25) is 0 Å². The molecule has 0 aliphatic heterocycles. The molecule has 1 aromatic heterocycles. The Balaban J connectivity index is 2.67. The van der Waals surface area contributed by atoms with Crippen LogP contribution in [-0.4, -0.2) is 17.1 Å². The van der Waals surface area contributed by atoms with Crippen molar-refractivity contribution < 1.29 is 17.9 Å². The van der Waals surface area contributed by atoms with E-state index in [1.54, 1.807) is 0 Å². The Bertz CT molecular complexity index is 722. The zero-order valence-corrected chi connectivity index (χ0v) is 10.8. The van der Waals surface area contributed by atoms with Crippen LogP contribution in [0, 0.1) is 11.3 Å². The topological polar surface area (TPSA) is 84.8 Å². The number of nitrogens with two attached hydrogens (primary N) is 1. The van der Waals surface area contributed by atoms with Gasteiger partial charge in [0.25, 0.3) is 0 Å². The Morgan fingerprint density at radius 2 is 1.95 bits per heavy atom. The van der Waals surface area contributed by atoms with Gasteiger partial charge >= 0.3 is 6.18 Å². The molecule has 21 heavy (non-hydrogen) atoms. The molecular formula is C13H9F3N4O. The second-order valence-corrected chi connectivity index (χ2v) is 4.02. The van der Waals surface area contributed by atoms with Crippen LogP contribution in [0.1, 0.15) is 11.3 Å². The number of alkyl halides is 3. The minimum atomic E-state index is -4.65. The molecule has 1 heterocycles. The number of methoxy groups -OCH3 is 1. The van der Waals surface area contributed by atoms with Crippen LogP contribution in [0.5, 0.6) is 5.75 Å². The summed E-state index contributed by atoms with van der Waals surface area (Å²) in [5.74, 6) is -0.232. The molecule has 0 unspecified atom stereocenters. The summed E-state index contributed by atoms with van der Waals surface area (Å²) in [4.78, 5) is 6.94. The van der Waals surface area contributed by atoms with E-state index >= 15 is 0 Å². The van der Waals surface area contributed by atoms with Gasteiger partial charge in [-0.2, -0.15) is 18.4 Å². The number of aromatic nitrogens is 2. The zero-order chi connectivity index (χ0) is 15.6. The fraction of sp³-hybridized carbons (Fsp3) is 0.154. The molecule has 108 valence electrons. The number of nitrogens with zero attached hydrogens (tertiary/aromatic N) is 3. The molecule has 2 aromatic rings. The first-order chi connectivity index (χ1) is 9.85. The van der Waals surface area contributed by atoms with Crippen molar-refractivity contribution in [2.75, 3.05) is 12.8 Å². The number of nitriles is 1. The first-order valence-corrected chi connectivity index (χ1v) is 5.65. The average Bonchev–Trinajstić information content (AvgIpc) is 2.45. The first kappa shape index (κ1) is 14.6. The molecular weight excluding hydrogens is 285 g/mol. The molecule has 5 nitrogen and oxygen atoms in total. The summed E-state index contributed by atoms with van der Waals surface area (Å²) >= 11 is 0. The average molecular weight is 294 g/mol. The van der Waals surface area contributed by atoms with Crippen LogP contribution in [0.4, 0.5) is 19.1 Å². The Kier molecular flexibility index (Phi) is 3.67. The van der Waals surface area contributed by atoms with Gasteiger partial charge < -0.3 is 10.5 Å². The summed E-state index contributed by atoms with van der Waals surface area (Å²) in [5.41, 5.74) is 4.60. The molecule has 0 aliphatic rings. The van der Waals surface area contributed by atoms with Crippen LogP contribution in [0.15, 0.2) is 24.3 Å². The Labute approximate surface area is 117 Å². The SMILES string of the molecule is COc1ccc(C#N)cc1-c1cc(C(F)(F)F)nc(N)n1. The third-order valence-corrected chi connectivity index (χ3v) is 2.64. The highest BCUT2D eigenvalue weighted by molar-refractivity contribution is 5.70. The van der Waals surface area contributed by atoms with Crippen LogP contribution < -0.4 is 10.5 Å². The van der Waals surface area contributed by atoms with E-state index in [4.69, 9.17) is 15.7 Å². The largest absolute Gasteiger partial charge is 0.496 e. The van der Waals surface area contributed by atoms with Gasteiger partial charge in [-0.15, -0.1) is 0 Å². The maximum atomic E-state index is 12.8. The van der Waals surface area contributed by atoms with Gasteiger partial charge in [0.2, 0.25) is 5.95 Å². The summed E-state index contributed by atoms with van der Waals surface area (Å²) in [7, 11) is 1.36. The number of anilines is 1. The number of nitrogen functional groups attached to an aromatic ring is 1. The minimum Gasteiger partial charge on any atom is -0.496 e. The molecule has 0 bridgehead atoms. The summed E-state index contributed by atoms with van der Waals surface area (Å²) in [6, 6.07) is 6.99. The molecule has 0 amide bonds. The number of halogens is 3. The van der Waals surface area contributed by atoms with Gasteiger partial charge in [-0.1, -0.05) is 0 Å². The van der Waals surface area contributed by atoms with E-state index in [9.17, 15) is 13.2 Å². The number of hydrogen-bond acceptors (Lipinski definition) is 5. The lowest BCUT2D eigenvalue weighted by atomic mass is 10.1. The van der Waals surface area contributed by atoms with Crippen molar-refractivity contribution >= 4 is 5.95 Å². The fourth-order valence-electron chi connectivity index (χ4n) is 1.73. The normalized spacial score (nSPS) is 11.0. The molecule has 1 aromatic carbocycles. The lowest BCUT2D eigenvalue weighted by Crippen LogP contribution is -2.11. The lowest BCUT2D eigenvalue weighted by molar-refractivity contribution is -0.141. The molecule has 0 radical (unpaired) electrons. The highest BCUT2D eigenvalue weighted by Crippen LogP contribution is 2.34. The molecule has 2 N–H and O–H groups in total. The summed E-state index contributed by atoms with van der Waals surface area (Å²) in [6.07, 6.45) is -4.65. The monoisotopic (exact) mass is 294 g/mol. The number of benzene rings is 1. The predicted molar refractivity (Wildman–Crippen MR) is 68.1 cm³/mol. The van der Waals surface area contributed by atoms with Gasteiger partial charge in [-0.05, 0) is 24.3 Å². The second-order valence-electron chi connectivity index (χ2n) is 4.02. The second kappa shape index (κ2) is 5.28. The highest BCUT2D eigenvalue weighted by atomic mass is 19.4. The highest BCUT2D eigenvalue weighted by Gasteiger charge is 2.33. The predicted octanol–water partition coefficient (Wildman–Crippen LogP) is 2.62. The molecule has 0 saturated heterocycles. The quantitative estimate of drug-likeness (QED) is 0.920. The van der Waals surface area contributed by atoms with E-state index < -0.39 is 17.8 Å². The summed E-state index contributed by atoms with van der Waals surface area (Å²) in [5, 5.41) is 8.88. The summed E-state index contributed by atoms with van der Waals surface area (Å²) in [6.45, 7) is 0. The third-order valence-electron chi connectivity index (χ3n) is 2.64. The van der Waals surface area contributed by atoms with Crippen LogP contribution in [0.25, 0.3) is 11.3 Å². The van der Waals surface area contributed by atoms with Gasteiger partial charge in [-0.25, -0.2) is 9.97 Å². The van der Waals surface area contributed by atoms with Gasteiger partial charge in [0.05, 0.1) is 24.4 Å². The van der Waals surface area contributed by atoms with E-state index in [-0.39, 0.29) is 22.6 Å². The van der Waals surface area contributed by atoms with Crippen molar-refractivity contribution in [2.24, 2.45) is 0 Å². The van der Waals surface area contributed by atoms with Crippen molar-refractivity contribution in [1.29, 1.82) is 5.26 Å². The molecule has 8 heteroatoms. The third kappa shape index (κ3) is 3.02. The van der Waals surface area contributed by atoms with Crippen molar-refractivity contribution in [2.45, 2.75) is 6.18 Å². The molecule has 0 spiro atoms. The first-order valence-electron chi connectivity index (χ1n) is 5.65. The van der Waals surface area contributed by atoms with Crippen LogP contribution in [0.3, 0.4) is 0 Å². The maximum Gasteiger partial charge on any atom is 0.433 e. The molecule has 2 rings (SSSR count). The van der Waals surface area contributed by atoms with E-state index in [1.807, 2.05) is 6.07 Å². The number of ether oxygens (including phenoxy) is 1. The van der Waals surface area contributed by atoms with Crippen molar-refractivity contribution in [3.05, 3.63) is 35.5 Å². The molecule has 0 saturated carbocycles. The van der Waals surface area contributed by atoms with Crippen LogP contribution in [-0.2, 0) is 6.18 Å². The standard InChI is InChI=1S/C13H9F3N4O/c1-21-10-3-2-7(6-17)4-8(10)9-5-11(13(14,15)16)20-12(18)19-9/h2-5H,1H3,(H2,18,19,20). The van der Waals surface area contributed by atoms with Crippen molar-refractivity contribution in [1.82, 2.24) is 9.97 Å². The van der Waals surface area contributed by atoms with Gasteiger partial charge in [0.1, 0.15) is 5.75 Å². The fourth-order valence-corrected chi connectivity index (χ4v) is 1.73. The number of hydrogen-bond donors (Lipinski definition) is 1. The smallest absolute Gasteiger partial charge is 0.433 e. The van der Waals surface area contributed by atoms with Crippen LogP contribution >= 0.6 is 0 Å². The zero-order valence-electron chi connectivity index (χ0n) is 10.8. The van der Waals surface area contributed by atoms with E-state index in [1.165, 1.54) is 25.3 Å². The van der Waals surface area contributed by atoms with E-state index in [0.717, 1.165) is 6.07 Å². The number of rotatable bonds is 2. The van der Waals surface area contributed by atoms with Gasteiger partial charge in [0, 0.05) is 5.56 Å². The molecule has 0 aliphatic carbocycles. The van der Waals surface area contributed by atoms with Crippen molar-refractivity contribution in [3.8, 4) is 23.1 Å². The lowest BCUT2D eigenvalue weighted by Gasteiger charge is -2.11. The summed E-state index contributed by atoms with van der Waals surface area (Å²) < 4.78 is 43.4. The molecule has 0 atom stereocenters. The minimum absolute atomic E-state index is 0.0659.